The van der Waals surface area contributed by atoms with Gasteiger partial charge in [-0.25, -0.2) is 0 Å². The predicted octanol–water partition coefficient (Wildman–Crippen LogP) is 2.41. The van der Waals surface area contributed by atoms with Gasteiger partial charge in [0, 0.05) is 19.4 Å². The molecule has 0 spiro atoms. The Morgan fingerprint density at radius 3 is 1.82 bits per heavy atom. The highest BCUT2D eigenvalue weighted by Crippen LogP contribution is 2.22. The van der Waals surface area contributed by atoms with Gasteiger partial charge in [-0.1, -0.05) is 32.1 Å². The molecule has 0 bridgehead atoms. The quantitative estimate of drug-likeness (QED) is 0.597. The lowest BCUT2D eigenvalue weighted by molar-refractivity contribution is -0.328. The number of aliphatic hydroxyl groups excluding tert-OH is 1. The van der Waals surface area contributed by atoms with Gasteiger partial charge in [-0.3, -0.25) is 9.59 Å². The summed E-state index contributed by atoms with van der Waals surface area (Å²) in [6.45, 7) is 0.0675. The van der Waals surface area contributed by atoms with Crippen molar-refractivity contribution in [3.8, 4) is 0 Å². The van der Waals surface area contributed by atoms with Crippen molar-refractivity contribution >= 4 is 11.9 Å². The Morgan fingerprint density at radius 2 is 1.32 bits per heavy atom. The number of unbranched alkanes of at least 4 members (excludes halogenated alkanes) is 2. The zero-order chi connectivity index (χ0) is 16.3. The molecule has 1 aliphatic rings. The third kappa shape index (κ3) is 8.34. The molecule has 6 nitrogen and oxygen atoms in total. The van der Waals surface area contributed by atoms with E-state index < -0.39 is 17.9 Å². The largest absolute Gasteiger partial charge is 0.398 e. The van der Waals surface area contributed by atoms with E-state index in [1.807, 2.05) is 0 Å². The number of carbonyl (C=O) groups is 2. The van der Waals surface area contributed by atoms with E-state index in [1.54, 1.807) is 0 Å². The van der Waals surface area contributed by atoms with E-state index in [-0.39, 0.29) is 25.9 Å². The van der Waals surface area contributed by atoms with E-state index in [9.17, 15) is 14.7 Å². The van der Waals surface area contributed by atoms with Gasteiger partial charge in [-0.15, -0.1) is 0 Å². The molecule has 0 aromatic heterocycles. The monoisotopic (exact) mass is 316 g/mol. The lowest BCUT2D eigenvalue weighted by Crippen LogP contribution is -2.40. The number of cyclic esters (lactones) is 2. The summed E-state index contributed by atoms with van der Waals surface area (Å²) in [6.07, 6.45) is 7.61. The number of carbonyl (C=O) groups excluding carboxylic acids is 2. The van der Waals surface area contributed by atoms with E-state index in [4.69, 9.17) is 14.6 Å². The Labute approximate surface area is 131 Å². The van der Waals surface area contributed by atoms with Crippen LogP contribution in [0.5, 0.6) is 0 Å². The Bertz CT molecular complexity index is 318. The summed E-state index contributed by atoms with van der Waals surface area (Å²) >= 11 is 0. The SMILES string of the molecule is O=C1CCCCCCCCC(=O)OC(O)(CCCCCO)O1. The Kier molecular flexibility index (Phi) is 9.08. The van der Waals surface area contributed by atoms with Crippen LogP contribution in [0.3, 0.4) is 0 Å². The van der Waals surface area contributed by atoms with Crippen molar-refractivity contribution in [1.82, 2.24) is 0 Å². The lowest BCUT2D eigenvalue weighted by atomic mass is 10.1. The Hall–Kier alpha value is -1.14. The summed E-state index contributed by atoms with van der Waals surface area (Å²) in [6, 6.07) is 0. The van der Waals surface area contributed by atoms with Crippen LogP contribution in [0, 0.1) is 0 Å². The highest BCUT2D eigenvalue weighted by atomic mass is 16.8. The van der Waals surface area contributed by atoms with Crippen molar-refractivity contribution in [2.75, 3.05) is 6.61 Å². The first-order valence-corrected chi connectivity index (χ1v) is 8.33. The minimum atomic E-state index is -2.17. The second-order valence-corrected chi connectivity index (χ2v) is 5.82. The number of hydrogen-bond donors (Lipinski definition) is 2. The Morgan fingerprint density at radius 1 is 0.818 bits per heavy atom. The van der Waals surface area contributed by atoms with Crippen LogP contribution in [0.15, 0.2) is 0 Å². The summed E-state index contributed by atoms with van der Waals surface area (Å²) in [7, 11) is 0. The molecule has 1 heterocycles. The number of esters is 2. The highest BCUT2D eigenvalue weighted by Gasteiger charge is 2.35. The fraction of sp³-hybridized carbons (Fsp3) is 0.875. The molecule has 1 fully saturated rings. The zero-order valence-electron chi connectivity index (χ0n) is 13.2. The van der Waals surface area contributed by atoms with E-state index in [0.29, 0.717) is 32.1 Å². The minimum Gasteiger partial charge on any atom is -0.398 e. The van der Waals surface area contributed by atoms with Crippen molar-refractivity contribution < 1.29 is 29.3 Å². The maximum absolute atomic E-state index is 11.8. The third-order valence-corrected chi connectivity index (χ3v) is 3.71. The summed E-state index contributed by atoms with van der Waals surface area (Å²) in [5.41, 5.74) is 0. The fourth-order valence-electron chi connectivity index (χ4n) is 2.46. The molecule has 128 valence electrons. The van der Waals surface area contributed by atoms with E-state index in [2.05, 4.69) is 0 Å². The van der Waals surface area contributed by atoms with Crippen LogP contribution in [-0.4, -0.2) is 34.7 Å². The molecule has 0 radical (unpaired) electrons. The first-order valence-electron chi connectivity index (χ1n) is 8.33. The van der Waals surface area contributed by atoms with E-state index >= 15 is 0 Å². The molecule has 22 heavy (non-hydrogen) atoms. The van der Waals surface area contributed by atoms with Crippen molar-refractivity contribution in [3.63, 3.8) is 0 Å². The standard InChI is InChI=1S/C16H28O6/c17-13-9-5-8-12-16(20)21-14(18)10-6-3-1-2-4-7-11-15(19)22-16/h17,20H,1-13H2. The van der Waals surface area contributed by atoms with Gasteiger partial charge < -0.3 is 19.7 Å². The number of ether oxygens (including phenoxy) is 2. The van der Waals surface area contributed by atoms with Crippen LogP contribution in [-0.2, 0) is 19.1 Å². The van der Waals surface area contributed by atoms with Gasteiger partial charge in [0.1, 0.15) is 0 Å². The second kappa shape index (κ2) is 10.6. The first kappa shape index (κ1) is 18.9. The van der Waals surface area contributed by atoms with Crippen LogP contribution in [0.2, 0.25) is 0 Å². The molecular weight excluding hydrogens is 288 g/mol. The first-order chi connectivity index (χ1) is 10.6. The molecule has 6 heteroatoms. The van der Waals surface area contributed by atoms with Gasteiger partial charge in [0.2, 0.25) is 0 Å². The van der Waals surface area contributed by atoms with Crippen molar-refractivity contribution in [3.05, 3.63) is 0 Å². The maximum Gasteiger partial charge on any atom is 0.373 e. The van der Waals surface area contributed by atoms with Gasteiger partial charge in [-0.05, 0) is 25.7 Å². The molecular formula is C16H28O6. The Balaban J connectivity index is 2.60. The van der Waals surface area contributed by atoms with Crippen molar-refractivity contribution in [2.45, 2.75) is 83.0 Å². The zero-order valence-corrected chi connectivity index (χ0v) is 13.2. The molecule has 0 aliphatic carbocycles. The van der Waals surface area contributed by atoms with Gasteiger partial charge in [-0.2, -0.15) is 0 Å². The average Bonchev–Trinajstić information content (AvgIpc) is 2.46. The lowest BCUT2D eigenvalue weighted by Gasteiger charge is -2.27. The normalized spacial score (nSPS) is 21.0. The molecule has 0 aromatic carbocycles. The topological polar surface area (TPSA) is 93.1 Å². The third-order valence-electron chi connectivity index (χ3n) is 3.71. The fourth-order valence-corrected chi connectivity index (χ4v) is 2.46. The van der Waals surface area contributed by atoms with Gasteiger partial charge in [0.15, 0.2) is 0 Å². The van der Waals surface area contributed by atoms with Crippen LogP contribution in [0.25, 0.3) is 0 Å². The van der Waals surface area contributed by atoms with Crippen molar-refractivity contribution in [1.29, 1.82) is 0 Å². The molecule has 0 amide bonds. The van der Waals surface area contributed by atoms with Gasteiger partial charge >= 0.3 is 17.9 Å². The summed E-state index contributed by atoms with van der Waals surface area (Å²) in [4.78, 5) is 23.6. The smallest absolute Gasteiger partial charge is 0.373 e. The number of aliphatic hydroxyl groups is 2. The molecule has 0 atom stereocenters. The minimum absolute atomic E-state index is 0.0322. The average molecular weight is 316 g/mol. The molecule has 2 N–H and O–H groups in total. The van der Waals surface area contributed by atoms with Crippen LogP contribution >= 0.6 is 0 Å². The van der Waals surface area contributed by atoms with Gasteiger partial charge in [0.05, 0.1) is 6.42 Å². The predicted molar refractivity (Wildman–Crippen MR) is 79.6 cm³/mol. The summed E-state index contributed by atoms with van der Waals surface area (Å²) in [5, 5.41) is 19.1. The van der Waals surface area contributed by atoms with E-state index in [0.717, 1.165) is 25.7 Å². The summed E-state index contributed by atoms with van der Waals surface area (Å²) in [5.74, 6) is -3.26. The number of rotatable bonds is 5. The molecule has 0 unspecified atom stereocenters. The van der Waals surface area contributed by atoms with Crippen molar-refractivity contribution in [2.24, 2.45) is 0 Å². The molecule has 0 aromatic rings. The van der Waals surface area contributed by atoms with Crippen LogP contribution < -0.4 is 0 Å². The number of hydrogen-bond acceptors (Lipinski definition) is 6. The van der Waals surface area contributed by atoms with Crippen LogP contribution in [0.1, 0.15) is 77.0 Å². The molecule has 1 rings (SSSR count). The van der Waals surface area contributed by atoms with E-state index in [1.165, 1.54) is 0 Å². The van der Waals surface area contributed by atoms with Gasteiger partial charge in [0.25, 0.3) is 0 Å². The molecule has 1 saturated heterocycles. The molecule has 1 aliphatic heterocycles. The second-order valence-electron chi connectivity index (χ2n) is 5.82. The van der Waals surface area contributed by atoms with Crippen LogP contribution in [0.4, 0.5) is 0 Å². The molecule has 0 saturated carbocycles. The highest BCUT2D eigenvalue weighted by molar-refractivity contribution is 5.71. The summed E-state index contributed by atoms with van der Waals surface area (Å²) < 4.78 is 10.0. The maximum atomic E-state index is 11.8.